The summed E-state index contributed by atoms with van der Waals surface area (Å²) in [4.78, 5) is 13.4. The predicted molar refractivity (Wildman–Crippen MR) is 58.8 cm³/mol. The Hall–Kier alpha value is -1.43. The maximum absolute atomic E-state index is 11.6. The van der Waals surface area contributed by atoms with Crippen molar-refractivity contribution in [1.29, 1.82) is 0 Å². The number of aryl methyl sites for hydroxylation is 1. The summed E-state index contributed by atoms with van der Waals surface area (Å²) in [5.74, 6) is 1.13. The van der Waals surface area contributed by atoms with Crippen LogP contribution in [0.3, 0.4) is 0 Å². The monoisotopic (exact) mass is 223 g/mol. The van der Waals surface area contributed by atoms with E-state index in [0.717, 1.165) is 31.8 Å². The van der Waals surface area contributed by atoms with Crippen LogP contribution in [0.4, 0.5) is 0 Å². The van der Waals surface area contributed by atoms with Gasteiger partial charge in [0.1, 0.15) is 12.2 Å². The van der Waals surface area contributed by atoms with E-state index in [2.05, 4.69) is 15.5 Å². The number of likely N-dealkylation sites (N-methyl/N-ethyl adjacent to an activating group) is 1. The minimum Gasteiger partial charge on any atom is -0.344 e. The SMILES string of the molecule is CN1CCC(NCCc2nncn2C)C1=O. The number of hydrogen-bond donors (Lipinski definition) is 1. The topological polar surface area (TPSA) is 63.0 Å². The van der Waals surface area contributed by atoms with E-state index in [1.165, 1.54) is 0 Å². The molecular weight excluding hydrogens is 206 g/mol. The van der Waals surface area contributed by atoms with Gasteiger partial charge in [-0.15, -0.1) is 10.2 Å². The summed E-state index contributed by atoms with van der Waals surface area (Å²) >= 11 is 0. The standard InChI is InChI=1S/C10H17N5O/c1-14-6-4-8(10(14)16)11-5-3-9-13-12-7-15(9)2/h7-8,11H,3-6H2,1-2H3. The van der Waals surface area contributed by atoms with Crippen molar-refractivity contribution in [3.63, 3.8) is 0 Å². The largest absolute Gasteiger partial charge is 0.344 e. The van der Waals surface area contributed by atoms with Gasteiger partial charge in [-0.1, -0.05) is 0 Å². The maximum Gasteiger partial charge on any atom is 0.239 e. The molecule has 1 fully saturated rings. The second-order valence-corrected chi connectivity index (χ2v) is 4.16. The Bertz CT molecular complexity index is 375. The number of carbonyl (C=O) groups is 1. The molecular formula is C10H17N5O. The molecule has 2 heterocycles. The first-order chi connectivity index (χ1) is 7.68. The van der Waals surface area contributed by atoms with E-state index in [9.17, 15) is 4.79 Å². The van der Waals surface area contributed by atoms with Crippen molar-refractivity contribution < 1.29 is 4.79 Å². The molecule has 0 spiro atoms. The number of hydrogen-bond acceptors (Lipinski definition) is 4. The fourth-order valence-electron chi connectivity index (χ4n) is 1.90. The molecule has 0 aliphatic carbocycles. The third-order valence-corrected chi connectivity index (χ3v) is 2.97. The fraction of sp³-hybridized carbons (Fsp3) is 0.700. The van der Waals surface area contributed by atoms with Crippen LogP contribution < -0.4 is 5.32 Å². The van der Waals surface area contributed by atoms with Gasteiger partial charge in [-0.3, -0.25) is 4.79 Å². The molecule has 1 saturated heterocycles. The molecule has 0 saturated carbocycles. The third-order valence-electron chi connectivity index (χ3n) is 2.97. The Morgan fingerprint density at radius 1 is 1.56 bits per heavy atom. The van der Waals surface area contributed by atoms with E-state index in [1.54, 1.807) is 11.2 Å². The molecule has 1 unspecified atom stereocenters. The molecule has 16 heavy (non-hydrogen) atoms. The van der Waals surface area contributed by atoms with Crippen molar-refractivity contribution in [3.8, 4) is 0 Å². The molecule has 6 heteroatoms. The van der Waals surface area contributed by atoms with Crippen molar-refractivity contribution in [3.05, 3.63) is 12.2 Å². The van der Waals surface area contributed by atoms with Gasteiger partial charge in [0, 0.05) is 33.6 Å². The summed E-state index contributed by atoms with van der Waals surface area (Å²) in [5, 5.41) is 11.1. The number of carbonyl (C=O) groups excluding carboxylic acids is 1. The zero-order chi connectivity index (χ0) is 11.5. The molecule has 0 bridgehead atoms. The van der Waals surface area contributed by atoms with Gasteiger partial charge in [-0.2, -0.15) is 0 Å². The smallest absolute Gasteiger partial charge is 0.239 e. The normalized spacial score (nSPS) is 20.8. The zero-order valence-electron chi connectivity index (χ0n) is 9.68. The summed E-state index contributed by atoms with van der Waals surface area (Å²) in [6.07, 6.45) is 3.38. The minimum atomic E-state index is -0.0155. The second kappa shape index (κ2) is 4.61. The first-order valence-corrected chi connectivity index (χ1v) is 5.49. The van der Waals surface area contributed by atoms with Crippen LogP contribution in [0.25, 0.3) is 0 Å². The minimum absolute atomic E-state index is 0.0155. The lowest BCUT2D eigenvalue weighted by Gasteiger charge is -2.11. The van der Waals surface area contributed by atoms with E-state index < -0.39 is 0 Å². The van der Waals surface area contributed by atoms with Crippen LogP contribution in [0.5, 0.6) is 0 Å². The Labute approximate surface area is 94.6 Å². The van der Waals surface area contributed by atoms with Gasteiger partial charge in [0.05, 0.1) is 6.04 Å². The van der Waals surface area contributed by atoms with Gasteiger partial charge in [-0.25, -0.2) is 0 Å². The number of aromatic nitrogens is 3. The van der Waals surface area contributed by atoms with Gasteiger partial charge >= 0.3 is 0 Å². The van der Waals surface area contributed by atoms with Crippen molar-refractivity contribution in [2.24, 2.45) is 7.05 Å². The van der Waals surface area contributed by atoms with Crippen molar-refractivity contribution in [2.75, 3.05) is 20.1 Å². The molecule has 0 radical (unpaired) electrons. The summed E-state index contributed by atoms with van der Waals surface area (Å²) < 4.78 is 1.89. The molecule has 0 aromatic carbocycles. The summed E-state index contributed by atoms with van der Waals surface area (Å²) in [7, 11) is 3.76. The molecule has 2 rings (SSSR count). The van der Waals surface area contributed by atoms with E-state index in [-0.39, 0.29) is 11.9 Å². The summed E-state index contributed by atoms with van der Waals surface area (Å²) in [6.45, 7) is 1.61. The molecule has 1 aromatic heterocycles. The van der Waals surface area contributed by atoms with Crippen LogP contribution >= 0.6 is 0 Å². The Kier molecular flexibility index (Phi) is 3.19. The average Bonchev–Trinajstić information content (AvgIpc) is 2.80. The van der Waals surface area contributed by atoms with Crippen LogP contribution in [-0.2, 0) is 18.3 Å². The molecule has 1 aliphatic rings. The quantitative estimate of drug-likeness (QED) is 0.724. The highest BCUT2D eigenvalue weighted by molar-refractivity contribution is 5.83. The molecule has 1 aliphatic heterocycles. The van der Waals surface area contributed by atoms with E-state index >= 15 is 0 Å². The molecule has 88 valence electrons. The Morgan fingerprint density at radius 2 is 2.38 bits per heavy atom. The van der Waals surface area contributed by atoms with Crippen LogP contribution in [0.1, 0.15) is 12.2 Å². The van der Waals surface area contributed by atoms with Gasteiger partial charge < -0.3 is 14.8 Å². The van der Waals surface area contributed by atoms with Crippen LogP contribution in [-0.4, -0.2) is 51.8 Å². The first kappa shape index (κ1) is 11.1. The lowest BCUT2D eigenvalue weighted by Crippen LogP contribution is -2.38. The second-order valence-electron chi connectivity index (χ2n) is 4.16. The van der Waals surface area contributed by atoms with Gasteiger partial charge in [0.25, 0.3) is 0 Å². The van der Waals surface area contributed by atoms with Crippen molar-refractivity contribution in [1.82, 2.24) is 25.0 Å². The van der Waals surface area contributed by atoms with E-state index in [1.807, 2.05) is 18.7 Å². The van der Waals surface area contributed by atoms with Crippen LogP contribution in [0.15, 0.2) is 6.33 Å². The van der Waals surface area contributed by atoms with Gasteiger partial charge in [0.15, 0.2) is 0 Å². The molecule has 1 amide bonds. The highest BCUT2D eigenvalue weighted by Crippen LogP contribution is 2.08. The highest BCUT2D eigenvalue weighted by Gasteiger charge is 2.28. The van der Waals surface area contributed by atoms with E-state index in [0.29, 0.717) is 0 Å². The number of likely N-dealkylation sites (tertiary alicyclic amines) is 1. The number of rotatable bonds is 4. The van der Waals surface area contributed by atoms with Crippen LogP contribution in [0.2, 0.25) is 0 Å². The molecule has 1 aromatic rings. The van der Waals surface area contributed by atoms with E-state index in [4.69, 9.17) is 0 Å². The Balaban J connectivity index is 1.77. The van der Waals surface area contributed by atoms with Crippen LogP contribution in [0, 0.1) is 0 Å². The number of nitrogens with zero attached hydrogens (tertiary/aromatic N) is 4. The van der Waals surface area contributed by atoms with Gasteiger partial charge in [0.2, 0.25) is 5.91 Å². The summed E-state index contributed by atoms with van der Waals surface area (Å²) in [5.41, 5.74) is 0. The van der Waals surface area contributed by atoms with Crippen molar-refractivity contribution in [2.45, 2.75) is 18.9 Å². The third kappa shape index (κ3) is 2.21. The molecule has 6 nitrogen and oxygen atoms in total. The lowest BCUT2D eigenvalue weighted by atomic mass is 10.2. The first-order valence-electron chi connectivity index (χ1n) is 5.49. The lowest BCUT2D eigenvalue weighted by molar-refractivity contribution is -0.128. The highest BCUT2D eigenvalue weighted by atomic mass is 16.2. The van der Waals surface area contributed by atoms with Gasteiger partial charge in [-0.05, 0) is 6.42 Å². The molecule has 1 N–H and O–H groups in total. The zero-order valence-corrected chi connectivity index (χ0v) is 9.68. The average molecular weight is 223 g/mol. The maximum atomic E-state index is 11.6. The predicted octanol–water partition coefficient (Wildman–Crippen LogP) is -0.822. The molecule has 1 atom stereocenters. The van der Waals surface area contributed by atoms with Crippen molar-refractivity contribution >= 4 is 5.91 Å². The number of nitrogens with one attached hydrogen (secondary N) is 1. The Morgan fingerprint density at radius 3 is 2.94 bits per heavy atom. The fourth-order valence-corrected chi connectivity index (χ4v) is 1.90. The number of amides is 1. The summed E-state index contributed by atoms with van der Waals surface area (Å²) in [6, 6.07) is -0.0155.